The van der Waals surface area contributed by atoms with Gasteiger partial charge in [-0.25, -0.2) is 0 Å². The first-order chi connectivity index (χ1) is 40.5. The van der Waals surface area contributed by atoms with Gasteiger partial charge in [-0.1, -0.05) is 133 Å². The van der Waals surface area contributed by atoms with Crippen LogP contribution in [-0.2, 0) is 0 Å². The number of hydrogen-bond donors (Lipinski definition) is 0. The molecule has 82 heavy (non-hydrogen) atoms. The van der Waals surface area contributed by atoms with Crippen LogP contribution in [0.1, 0.15) is 11.1 Å². The smallest absolute Gasteiger partial charge is 0.178 e. The Morgan fingerprint density at radius 1 is 0.268 bits per heavy atom. The Kier molecular flexibility index (Phi) is 10.0. The van der Waals surface area contributed by atoms with Crippen LogP contribution < -0.4 is 9.80 Å². The van der Waals surface area contributed by atoms with Gasteiger partial charge in [-0.2, -0.15) is 0 Å². The molecular formula is C76H50N4O2. The maximum Gasteiger partial charge on any atom is 0.178 e. The number of nitrogens with zero attached hydrogens (tertiary/aromatic N) is 4. The molecule has 0 unspecified atom stereocenters. The highest BCUT2D eigenvalue weighted by atomic mass is 16.4. The van der Waals surface area contributed by atoms with E-state index in [0.29, 0.717) is 0 Å². The summed E-state index contributed by atoms with van der Waals surface area (Å²) in [6, 6.07) is 96.7. The van der Waals surface area contributed by atoms with Gasteiger partial charge in [0.25, 0.3) is 0 Å². The number of para-hydroxylation sites is 6. The topological polar surface area (TPSA) is 42.6 Å². The summed E-state index contributed by atoms with van der Waals surface area (Å²) in [6.07, 6.45) is 0. The quantitative estimate of drug-likeness (QED) is 0.152. The molecule has 4 heterocycles. The molecule has 0 N–H and O–H groups in total. The van der Waals surface area contributed by atoms with Crippen LogP contribution in [0.3, 0.4) is 0 Å². The van der Waals surface area contributed by atoms with Gasteiger partial charge >= 0.3 is 0 Å². The molecule has 0 aliphatic rings. The van der Waals surface area contributed by atoms with Crippen molar-refractivity contribution in [2.24, 2.45) is 0 Å². The van der Waals surface area contributed by atoms with E-state index in [1.54, 1.807) is 0 Å². The lowest BCUT2D eigenvalue weighted by atomic mass is 10.0. The van der Waals surface area contributed by atoms with E-state index in [-0.39, 0.29) is 0 Å². The maximum atomic E-state index is 6.95. The van der Waals surface area contributed by atoms with Crippen LogP contribution in [0, 0.1) is 13.8 Å². The van der Waals surface area contributed by atoms with E-state index in [0.717, 1.165) is 122 Å². The Hall–Kier alpha value is -10.8. The van der Waals surface area contributed by atoms with Crippen molar-refractivity contribution in [2.75, 3.05) is 9.80 Å². The first-order valence-electron chi connectivity index (χ1n) is 28.1. The maximum absolute atomic E-state index is 6.95. The van der Waals surface area contributed by atoms with E-state index in [4.69, 9.17) is 8.83 Å². The van der Waals surface area contributed by atoms with Crippen LogP contribution in [0.5, 0.6) is 0 Å². The summed E-state index contributed by atoms with van der Waals surface area (Å²) < 4.78 is 18.7. The molecule has 0 aliphatic heterocycles. The molecule has 386 valence electrons. The molecule has 4 aromatic heterocycles. The van der Waals surface area contributed by atoms with Crippen molar-refractivity contribution >= 4 is 143 Å². The fourth-order valence-corrected chi connectivity index (χ4v) is 13.2. The Morgan fingerprint density at radius 3 is 1.09 bits per heavy atom. The SMILES string of the molecule is Cc1ccccc1N(c1ccc2cc3c(cc2c1)oc1c3ccc2c3cc4ccc(N(c5ccc6c7ccccc7n(-c7ccccc7)c6c5)c5ccccc5C)cc4cc3oc21)c1ccc2c3ccccc3n(-c3ccccc3)c2c1. The fraction of sp³-hybridized carbons (Fsp3) is 0.0263. The van der Waals surface area contributed by atoms with Crippen molar-refractivity contribution in [2.45, 2.75) is 13.8 Å². The predicted molar refractivity (Wildman–Crippen MR) is 344 cm³/mol. The number of furan rings is 2. The molecule has 17 rings (SSSR count). The third-order valence-electron chi connectivity index (χ3n) is 17.1. The zero-order chi connectivity index (χ0) is 54.2. The van der Waals surface area contributed by atoms with Crippen LogP contribution in [0.15, 0.2) is 276 Å². The van der Waals surface area contributed by atoms with Crippen LogP contribution in [0.2, 0.25) is 0 Å². The molecule has 0 bridgehead atoms. The highest BCUT2D eigenvalue weighted by Crippen LogP contribution is 2.46. The van der Waals surface area contributed by atoms with Gasteiger partial charge in [0.2, 0.25) is 0 Å². The Labute approximate surface area is 471 Å². The van der Waals surface area contributed by atoms with Crippen molar-refractivity contribution in [3.8, 4) is 11.4 Å². The van der Waals surface area contributed by atoms with Gasteiger partial charge in [0, 0.05) is 88.6 Å². The van der Waals surface area contributed by atoms with Gasteiger partial charge in [0.1, 0.15) is 11.2 Å². The zero-order valence-corrected chi connectivity index (χ0v) is 45.0. The van der Waals surface area contributed by atoms with Crippen LogP contribution >= 0.6 is 0 Å². The molecule has 17 aromatic rings. The summed E-state index contributed by atoms with van der Waals surface area (Å²) in [6.45, 7) is 4.38. The minimum atomic E-state index is 0.752. The number of anilines is 6. The number of aryl methyl sites for hydroxylation is 2. The van der Waals surface area contributed by atoms with Crippen LogP contribution in [0.4, 0.5) is 34.1 Å². The number of hydrogen-bond acceptors (Lipinski definition) is 4. The molecule has 0 saturated heterocycles. The lowest BCUT2D eigenvalue weighted by Gasteiger charge is -2.27. The summed E-state index contributed by atoms with van der Waals surface area (Å²) in [4.78, 5) is 4.78. The lowest BCUT2D eigenvalue weighted by molar-refractivity contribution is 0.634. The molecule has 6 nitrogen and oxygen atoms in total. The normalized spacial score (nSPS) is 12.0. The molecule has 6 heteroatoms. The summed E-state index contributed by atoms with van der Waals surface area (Å²) in [5.41, 5.74) is 19.0. The molecule has 0 atom stereocenters. The predicted octanol–water partition coefficient (Wildman–Crippen LogP) is 21.5. The first kappa shape index (κ1) is 46.1. The highest BCUT2D eigenvalue weighted by Gasteiger charge is 2.23. The van der Waals surface area contributed by atoms with Crippen LogP contribution in [-0.4, -0.2) is 9.13 Å². The summed E-state index contributed by atoms with van der Waals surface area (Å²) in [5.74, 6) is 0. The van der Waals surface area contributed by atoms with E-state index in [9.17, 15) is 0 Å². The van der Waals surface area contributed by atoms with Crippen LogP contribution in [0.25, 0.3) is 120 Å². The molecule has 0 aliphatic carbocycles. The van der Waals surface area contributed by atoms with E-state index < -0.39 is 0 Å². The Morgan fingerprint density at radius 2 is 0.634 bits per heavy atom. The monoisotopic (exact) mass is 1050 g/mol. The molecule has 0 saturated carbocycles. The fourth-order valence-electron chi connectivity index (χ4n) is 13.2. The summed E-state index contributed by atoms with van der Waals surface area (Å²) in [7, 11) is 0. The summed E-state index contributed by atoms with van der Waals surface area (Å²) in [5, 5.41) is 13.5. The van der Waals surface area contributed by atoms with E-state index in [1.165, 1.54) is 43.7 Å². The number of benzene rings is 13. The molecule has 0 fully saturated rings. The highest BCUT2D eigenvalue weighted by molar-refractivity contribution is 6.22. The van der Waals surface area contributed by atoms with E-state index in [1.807, 2.05) is 0 Å². The molecule has 0 radical (unpaired) electrons. The number of rotatable bonds is 8. The van der Waals surface area contributed by atoms with Gasteiger partial charge in [-0.3, -0.25) is 0 Å². The average Bonchev–Trinajstić information content (AvgIpc) is 3.66. The third-order valence-corrected chi connectivity index (χ3v) is 17.1. The van der Waals surface area contributed by atoms with Crippen molar-refractivity contribution in [3.63, 3.8) is 0 Å². The molecule has 0 amide bonds. The standard InChI is InChI=1S/C76H50N4O2/c1-47-17-9-13-25-67(47)77(57-33-35-61-59-23-11-15-27-69(59)79(71(61)45-57)53-19-5-3-6-20-53)55-31-29-49-41-65-63-37-38-64-66-42-50-30-32-56(40-52(50)44-74(66)82-76(64)75(63)81-73(65)43-51(49)39-55)78(68-26-14-10-18-48(68)2)58-34-36-62-60-24-12-16-28-70(60)80(72(62)46-58)54-21-7-4-8-22-54/h3-46H,1-2H3. The van der Waals surface area contributed by atoms with Crippen molar-refractivity contribution in [1.82, 2.24) is 9.13 Å². The average molecular weight is 1050 g/mol. The van der Waals surface area contributed by atoms with Crippen molar-refractivity contribution < 1.29 is 8.83 Å². The van der Waals surface area contributed by atoms with Crippen molar-refractivity contribution in [1.29, 1.82) is 0 Å². The van der Waals surface area contributed by atoms with E-state index in [2.05, 4.69) is 300 Å². The van der Waals surface area contributed by atoms with E-state index >= 15 is 0 Å². The molecular weight excluding hydrogens is 1000 g/mol. The second-order valence-corrected chi connectivity index (χ2v) is 21.8. The van der Waals surface area contributed by atoms with Gasteiger partial charge in [0.15, 0.2) is 11.2 Å². The van der Waals surface area contributed by atoms with Crippen molar-refractivity contribution in [3.05, 3.63) is 278 Å². The molecule has 0 spiro atoms. The number of fused-ring (bicyclic) bond motifs is 15. The largest absolute Gasteiger partial charge is 0.452 e. The zero-order valence-electron chi connectivity index (χ0n) is 45.0. The second kappa shape index (κ2) is 17.8. The van der Waals surface area contributed by atoms with Gasteiger partial charge in [-0.15, -0.1) is 0 Å². The Bertz CT molecular complexity index is 5110. The number of aromatic nitrogens is 2. The third kappa shape index (κ3) is 7.01. The Balaban J connectivity index is 0.780. The van der Waals surface area contributed by atoms with Gasteiger partial charge < -0.3 is 27.8 Å². The summed E-state index contributed by atoms with van der Waals surface area (Å²) >= 11 is 0. The minimum Gasteiger partial charge on any atom is -0.452 e. The lowest BCUT2D eigenvalue weighted by Crippen LogP contribution is -2.11. The minimum absolute atomic E-state index is 0.752. The van der Waals surface area contributed by atoms with Gasteiger partial charge in [-0.05, 0) is 180 Å². The van der Waals surface area contributed by atoms with Gasteiger partial charge in [0.05, 0.1) is 22.1 Å². The molecule has 13 aromatic carbocycles. The second-order valence-electron chi connectivity index (χ2n) is 21.8. The first-order valence-corrected chi connectivity index (χ1v) is 28.1.